The topological polar surface area (TPSA) is 37.3 Å². The summed E-state index contributed by atoms with van der Waals surface area (Å²) in [6, 6.07) is 5.61. The molecule has 1 aromatic carbocycles. The number of fused-ring (bicyclic) bond motifs is 1. The minimum atomic E-state index is -0.896. The number of carboxylic acid groups (broad SMARTS) is 1. The predicted molar refractivity (Wildman–Crippen MR) is 55.4 cm³/mol. The second kappa shape index (κ2) is 3.46. The third kappa shape index (κ3) is 1.53. The van der Waals surface area contributed by atoms with Gasteiger partial charge in [0.15, 0.2) is 0 Å². The zero-order valence-corrected chi connectivity index (χ0v) is 8.21. The van der Waals surface area contributed by atoms with Crippen molar-refractivity contribution in [2.75, 3.05) is 0 Å². The van der Waals surface area contributed by atoms with Gasteiger partial charge in [-0.25, -0.2) is 4.79 Å². The number of benzene rings is 1. The van der Waals surface area contributed by atoms with Crippen LogP contribution in [0.1, 0.15) is 17.5 Å². The summed E-state index contributed by atoms with van der Waals surface area (Å²) in [5, 5.41) is 9.39. The van der Waals surface area contributed by atoms with Gasteiger partial charge < -0.3 is 5.11 Å². The van der Waals surface area contributed by atoms with Crippen LogP contribution in [0.25, 0.3) is 5.57 Å². The molecule has 0 aromatic heterocycles. The van der Waals surface area contributed by atoms with Gasteiger partial charge in [0.2, 0.25) is 0 Å². The quantitative estimate of drug-likeness (QED) is 0.721. The fraction of sp³-hybridized carbons (Fsp3) is 0.182. The van der Waals surface area contributed by atoms with Gasteiger partial charge in [-0.1, -0.05) is 23.7 Å². The normalized spacial score (nSPS) is 17.1. The average molecular weight is 209 g/mol. The van der Waals surface area contributed by atoms with Crippen molar-refractivity contribution in [1.82, 2.24) is 0 Å². The zero-order chi connectivity index (χ0) is 10.1. The maximum atomic E-state index is 10.5. The molecule has 2 rings (SSSR count). The molecule has 0 spiro atoms. The first-order valence-corrected chi connectivity index (χ1v) is 4.77. The molecule has 1 aromatic rings. The summed E-state index contributed by atoms with van der Waals surface area (Å²) in [5.41, 5.74) is 2.93. The first-order valence-electron chi connectivity index (χ1n) is 4.40. The van der Waals surface area contributed by atoms with Crippen LogP contribution in [0.4, 0.5) is 0 Å². The Morgan fingerprint density at radius 1 is 1.43 bits per heavy atom. The third-order valence-corrected chi connectivity index (χ3v) is 2.76. The second-order valence-electron chi connectivity index (χ2n) is 3.27. The number of carboxylic acids is 1. The minimum absolute atomic E-state index is 0.733. The lowest BCUT2D eigenvalue weighted by molar-refractivity contribution is -0.131. The molecule has 14 heavy (non-hydrogen) atoms. The molecule has 3 heteroatoms. The lowest BCUT2D eigenvalue weighted by Crippen LogP contribution is -1.89. The van der Waals surface area contributed by atoms with E-state index in [1.54, 1.807) is 0 Å². The van der Waals surface area contributed by atoms with Gasteiger partial charge >= 0.3 is 5.97 Å². The molecule has 0 aliphatic heterocycles. The van der Waals surface area contributed by atoms with E-state index in [0.717, 1.165) is 34.6 Å². The standard InChI is InChI=1S/C11H9ClO2/c12-10-3-1-2-8-7(6-11(13)14)4-5-9(8)10/h1-3,6H,4-5H2,(H,13,14)/b7-6+. The predicted octanol–water partition coefficient (Wildman–Crippen LogP) is 2.75. The molecular weight excluding hydrogens is 200 g/mol. The Bertz CT molecular complexity index is 421. The maximum absolute atomic E-state index is 10.5. The van der Waals surface area contributed by atoms with Crippen molar-refractivity contribution in [3.63, 3.8) is 0 Å². The number of hydrogen-bond donors (Lipinski definition) is 1. The van der Waals surface area contributed by atoms with Crippen LogP contribution in [-0.4, -0.2) is 11.1 Å². The first kappa shape index (κ1) is 9.28. The zero-order valence-electron chi connectivity index (χ0n) is 7.46. The van der Waals surface area contributed by atoms with Gasteiger partial charge in [-0.15, -0.1) is 0 Å². The van der Waals surface area contributed by atoms with Crippen LogP contribution >= 0.6 is 11.6 Å². The van der Waals surface area contributed by atoms with Crippen molar-refractivity contribution in [2.24, 2.45) is 0 Å². The average Bonchev–Trinajstić information content (AvgIpc) is 2.49. The van der Waals surface area contributed by atoms with Gasteiger partial charge in [-0.2, -0.15) is 0 Å². The van der Waals surface area contributed by atoms with Crippen molar-refractivity contribution in [3.8, 4) is 0 Å². The van der Waals surface area contributed by atoms with Crippen LogP contribution in [0, 0.1) is 0 Å². The fourth-order valence-electron chi connectivity index (χ4n) is 1.81. The van der Waals surface area contributed by atoms with Gasteiger partial charge in [-0.05, 0) is 35.6 Å². The van der Waals surface area contributed by atoms with Gasteiger partial charge in [0.25, 0.3) is 0 Å². The SMILES string of the molecule is O=C(O)/C=C1\CCc2c(Cl)cccc21. The number of rotatable bonds is 1. The molecule has 0 amide bonds. The molecule has 0 fully saturated rings. The summed E-state index contributed by atoms with van der Waals surface area (Å²) in [6.45, 7) is 0. The van der Waals surface area contributed by atoms with Crippen molar-refractivity contribution < 1.29 is 9.90 Å². The minimum Gasteiger partial charge on any atom is -0.478 e. The number of allylic oxidation sites excluding steroid dienone is 1. The van der Waals surface area contributed by atoms with Gasteiger partial charge in [0, 0.05) is 11.1 Å². The highest BCUT2D eigenvalue weighted by Crippen LogP contribution is 2.35. The van der Waals surface area contributed by atoms with Gasteiger partial charge in [-0.3, -0.25) is 0 Å². The molecule has 1 aliphatic rings. The summed E-state index contributed by atoms with van der Waals surface area (Å²) < 4.78 is 0. The Balaban J connectivity index is 2.50. The highest BCUT2D eigenvalue weighted by atomic mass is 35.5. The van der Waals surface area contributed by atoms with Crippen LogP contribution < -0.4 is 0 Å². The smallest absolute Gasteiger partial charge is 0.328 e. The van der Waals surface area contributed by atoms with Crippen LogP contribution in [0.5, 0.6) is 0 Å². The number of aliphatic carboxylic acids is 1. The van der Waals surface area contributed by atoms with Crippen molar-refractivity contribution in [3.05, 3.63) is 40.4 Å². The molecule has 1 N–H and O–H groups in total. The molecule has 0 radical (unpaired) electrons. The van der Waals surface area contributed by atoms with Crippen molar-refractivity contribution in [2.45, 2.75) is 12.8 Å². The molecule has 0 saturated carbocycles. The van der Waals surface area contributed by atoms with Crippen LogP contribution in [0.3, 0.4) is 0 Å². The van der Waals surface area contributed by atoms with Crippen molar-refractivity contribution >= 4 is 23.1 Å². The van der Waals surface area contributed by atoms with Gasteiger partial charge in [0.05, 0.1) is 0 Å². The van der Waals surface area contributed by atoms with E-state index in [1.165, 1.54) is 6.08 Å². The molecule has 0 heterocycles. The number of hydrogen-bond acceptors (Lipinski definition) is 1. The van der Waals surface area contributed by atoms with E-state index in [4.69, 9.17) is 16.7 Å². The van der Waals surface area contributed by atoms with E-state index < -0.39 is 5.97 Å². The Morgan fingerprint density at radius 3 is 2.93 bits per heavy atom. The summed E-state index contributed by atoms with van der Waals surface area (Å²) in [7, 11) is 0. The van der Waals surface area contributed by atoms with Crippen LogP contribution in [0.15, 0.2) is 24.3 Å². The summed E-state index contributed by atoms with van der Waals surface area (Å²) in [4.78, 5) is 10.5. The molecule has 0 unspecified atom stereocenters. The molecule has 0 saturated heterocycles. The van der Waals surface area contributed by atoms with Crippen molar-refractivity contribution in [1.29, 1.82) is 0 Å². The first-order chi connectivity index (χ1) is 6.68. The fourth-order valence-corrected chi connectivity index (χ4v) is 2.08. The highest BCUT2D eigenvalue weighted by Gasteiger charge is 2.18. The molecule has 72 valence electrons. The highest BCUT2D eigenvalue weighted by molar-refractivity contribution is 6.31. The van der Waals surface area contributed by atoms with E-state index in [0.29, 0.717) is 0 Å². The summed E-state index contributed by atoms with van der Waals surface area (Å²) in [6.07, 6.45) is 2.88. The summed E-state index contributed by atoms with van der Waals surface area (Å²) >= 11 is 6.00. The Labute approximate surface area is 86.8 Å². The molecule has 0 atom stereocenters. The Morgan fingerprint density at radius 2 is 2.21 bits per heavy atom. The second-order valence-corrected chi connectivity index (χ2v) is 3.68. The Hall–Kier alpha value is -1.28. The lowest BCUT2D eigenvalue weighted by atomic mass is 10.1. The van der Waals surface area contributed by atoms with Crippen LogP contribution in [0.2, 0.25) is 5.02 Å². The number of halogens is 1. The monoisotopic (exact) mass is 208 g/mol. The Kier molecular flexibility index (Phi) is 2.30. The third-order valence-electron chi connectivity index (χ3n) is 2.41. The van der Waals surface area contributed by atoms with E-state index in [2.05, 4.69) is 0 Å². The maximum Gasteiger partial charge on any atom is 0.328 e. The van der Waals surface area contributed by atoms with Crippen LogP contribution in [-0.2, 0) is 11.2 Å². The van der Waals surface area contributed by atoms with E-state index in [-0.39, 0.29) is 0 Å². The molecule has 1 aliphatic carbocycles. The lowest BCUT2D eigenvalue weighted by Gasteiger charge is -2.00. The molecule has 0 bridgehead atoms. The van der Waals surface area contributed by atoms with Gasteiger partial charge in [0.1, 0.15) is 0 Å². The molecular formula is C11H9ClO2. The summed E-state index contributed by atoms with van der Waals surface area (Å²) in [5.74, 6) is -0.896. The van der Waals surface area contributed by atoms with E-state index in [9.17, 15) is 4.79 Å². The van der Waals surface area contributed by atoms with E-state index >= 15 is 0 Å². The van der Waals surface area contributed by atoms with E-state index in [1.807, 2.05) is 18.2 Å². The number of carbonyl (C=O) groups is 1. The largest absolute Gasteiger partial charge is 0.478 e. The molecule has 2 nitrogen and oxygen atoms in total.